The first kappa shape index (κ1) is 27.1. The van der Waals surface area contributed by atoms with Gasteiger partial charge in [-0.25, -0.2) is 0 Å². The van der Waals surface area contributed by atoms with Crippen LogP contribution in [0.25, 0.3) is 10.8 Å². The minimum atomic E-state index is -4.73. The van der Waals surface area contributed by atoms with Gasteiger partial charge in [0, 0.05) is 17.1 Å². The molecule has 11 heteroatoms. The van der Waals surface area contributed by atoms with Gasteiger partial charge in [0.1, 0.15) is 22.0 Å². The Labute approximate surface area is 224 Å². The van der Waals surface area contributed by atoms with E-state index in [-0.39, 0.29) is 22.0 Å². The first-order valence-electron chi connectivity index (χ1n) is 11.6. The fraction of sp³-hybridized carbons (Fsp3) is 0.148. The van der Waals surface area contributed by atoms with Crippen LogP contribution in [0.2, 0.25) is 5.02 Å². The number of anilines is 1. The van der Waals surface area contributed by atoms with Crippen molar-refractivity contribution in [3.63, 3.8) is 0 Å². The summed E-state index contributed by atoms with van der Waals surface area (Å²) in [7, 11) is -4.73. The van der Waals surface area contributed by atoms with Crippen LogP contribution in [0.1, 0.15) is 29.8 Å². The Morgan fingerprint density at radius 1 is 1.03 bits per heavy atom. The molecule has 0 saturated carbocycles. The number of phenols is 1. The summed E-state index contributed by atoms with van der Waals surface area (Å²) in [5.41, 5.74) is 0.779. The van der Waals surface area contributed by atoms with E-state index < -0.39 is 26.7 Å². The molecule has 38 heavy (non-hydrogen) atoms. The van der Waals surface area contributed by atoms with Crippen molar-refractivity contribution in [3.8, 4) is 11.5 Å². The fourth-order valence-electron chi connectivity index (χ4n) is 3.89. The number of halogens is 1. The Kier molecular flexibility index (Phi) is 7.96. The van der Waals surface area contributed by atoms with Gasteiger partial charge in [-0.05, 0) is 54.6 Å². The molecule has 0 aliphatic rings. The normalized spacial score (nSPS) is 11.7. The Bertz CT molecular complexity index is 1670. The minimum Gasteiger partial charge on any atom is -0.505 e. The average molecular weight is 554 g/mol. The molecule has 0 saturated heterocycles. The number of carbonyl (C=O) groups excluding carboxylic acids is 1. The van der Waals surface area contributed by atoms with E-state index in [1.54, 1.807) is 48.5 Å². The number of nitrogens with one attached hydrogen (secondary N) is 1. The number of aryl methyl sites for hydroxylation is 1. The van der Waals surface area contributed by atoms with Gasteiger partial charge in [-0.2, -0.15) is 8.42 Å². The van der Waals surface area contributed by atoms with E-state index in [9.17, 15) is 22.9 Å². The molecule has 0 spiro atoms. The molecule has 0 radical (unpaired) electrons. The summed E-state index contributed by atoms with van der Waals surface area (Å²) in [6.45, 7) is 4.15. The first-order valence-corrected chi connectivity index (χ1v) is 13.4. The van der Waals surface area contributed by atoms with E-state index in [4.69, 9.17) is 16.3 Å². The van der Waals surface area contributed by atoms with Gasteiger partial charge in [-0.3, -0.25) is 9.35 Å². The van der Waals surface area contributed by atoms with Crippen molar-refractivity contribution in [1.82, 2.24) is 0 Å². The molecule has 4 rings (SSSR count). The molecule has 0 aliphatic heterocycles. The van der Waals surface area contributed by atoms with Crippen LogP contribution in [0.4, 0.5) is 17.1 Å². The number of aromatic hydroxyl groups is 1. The molecular weight excluding hydrogens is 530 g/mol. The third-order valence-electron chi connectivity index (χ3n) is 5.65. The van der Waals surface area contributed by atoms with E-state index in [0.29, 0.717) is 40.8 Å². The SMILES string of the molecule is CCOc1cccc(NC(=O)c2cc3ccccc3c(N=Nc3cc(CC)cc(Cl)c3S(=O)(=O)O)c2O)c1. The zero-order chi connectivity index (χ0) is 27.4. The third kappa shape index (κ3) is 5.77. The number of benzene rings is 4. The van der Waals surface area contributed by atoms with E-state index in [0.717, 1.165) is 0 Å². The third-order valence-corrected chi connectivity index (χ3v) is 7.01. The van der Waals surface area contributed by atoms with Crippen LogP contribution in [0, 0.1) is 0 Å². The van der Waals surface area contributed by atoms with E-state index in [1.807, 2.05) is 13.8 Å². The number of phenolic OH excluding ortho intramolecular Hbond substituents is 1. The summed E-state index contributed by atoms with van der Waals surface area (Å²) in [5.74, 6) is -0.491. The van der Waals surface area contributed by atoms with Crippen LogP contribution in [0.5, 0.6) is 11.5 Å². The van der Waals surface area contributed by atoms with Crippen LogP contribution < -0.4 is 10.1 Å². The van der Waals surface area contributed by atoms with Crippen molar-refractivity contribution in [2.75, 3.05) is 11.9 Å². The minimum absolute atomic E-state index is 0.0596. The number of amides is 1. The molecule has 0 atom stereocenters. The number of hydrogen-bond acceptors (Lipinski definition) is 7. The van der Waals surface area contributed by atoms with Gasteiger partial charge in [0.05, 0.1) is 17.2 Å². The first-order chi connectivity index (χ1) is 18.1. The van der Waals surface area contributed by atoms with Gasteiger partial charge < -0.3 is 15.2 Å². The molecule has 0 aliphatic carbocycles. The molecule has 4 aromatic rings. The van der Waals surface area contributed by atoms with Crippen LogP contribution >= 0.6 is 11.6 Å². The summed E-state index contributed by atoms with van der Waals surface area (Å²) in [5, 5.41) is 22.8. The number of ether oxygens (including phenoxy) is 1. The van der Waals surface area contributed by atoms with Gasteiger partial charge in [0.25, 0.3) is 16.0 Å². The van der Waals surface area contributed by atoms with Gasteiger partial charge in [-0.1, -0.05) is 48.9 Å². The van der Waals surface area contributed by atoms with Gasteiger partial charge >= 0.3 is 0 Å². The molecule has 196 valence electrons. The largest absolute Gasteiger partial charge is 0.505 e. The fourth-order valence-corrected chi connectivity index (χ4v) is 5.09. The summed E-state index contributed by atoms with van der Waals surface area (Å²) in [4.78, 5) is 12.6. The zero-order valence-corrected chi connectivity index (χ0v) is 22.0. The molecule has 9 nitrogen and oxygen atoms in total. The zero-order valence-electron chi connectivity index (χ0n) is 20.5. The molecule has 1 amide bonds. The number of fused-ring (bicyclic) bond motifs is 1. The average Bonchev–Trinajstić information content (AvgIpc) is 2.87. The van der Waals surface area contributed by atoms with Crippen LogP contribution in [0.15, 0.2) is 81.9 Å². The highest BCUT2D eigenvalue weighted by molar-refractivity contribution is 7.86. The molecule has 0 fully saturated rings. The highest BCUT2D eigenvalue weighted by Gasteiger charge is 2.22. The number of hydrogen-bond donors (Lipinski definition) is 3. The number of azo groups is 1. The lowest BCUT2D eigenvalue weighted by Crippen LogP contribution is -2.12. The Morgan fingerprint density at radius 3 is 2.50 bits per heavy atom. The smallest absolute Gasteiger partial charge is 0.298 e. The maximum Gasteiger partial charge on any atom is 0.298 e. The van der Waals surface area contributed by atoms with Crippen molar-refractivity contribution >= 4 is 55.5 Å². The lowest BCUT2D eigenvalue weighted by Gasteiger charge is -2.12. The molecule has 0 unspecified atom stereocenters. The number of nitrogens with zero attached hydrogens (tertiary/aromatic N) is 2. The van der Waals surface area contributed by atoms with E-state index in [2.05, 4.69) is 15.5 Å². The van der Waals surface area contributed by atoms with E-state index in [1.165, 1.54) is 18.2 Å². The predicted molar refractivity (Wildman–Crippen MR) is 146 cm³/mol. The molecule has 0 heterocycles. The second kappa shape index (κ2) is 11.2. The molecular formula is C27H24ClN3O6S. The second-order valence-electron chi connectivity index (χ2n) is 8.21. The Morgan fingerprint density at radius 2 is 1.79 bits per heavy atom. The lowest BCUT2D eigenvalue weighted by molar-refractivity contribution is 0.102. The topological polar surface area (TPSA) is 138 Å². The highest BCUT2D eigenvalue weighted by atomic mass is 35.5. The van der Waals surface area contributed by atoms with Gasteiger partial charge in [0.15, 0.2) is 5.75 Å². The van der Waals surface area contributed by atoms with Crippen molar-refractivity contribution in [2.24, 2.45) is 10.2 Å². The Balaban J connectivity index is 1.82. The van der Waals surface area contributed by atoms with Crippen molar-refractivity contribution < 1.29 is 27.6 Å². The van der Waals surface area contributed by atoms with Crippen LogP contribution in [0.3, 0.4) is 0 Å². The van der Waals surface area contributed by atoms with E-state index >= 15 is 0 Å². The van der Waals surface area contributed by atoms with Gasteiger partial charge in [-0.15, -0.1) is 10.2 Å². The summed E-state index contributed by atoms with van der Waals surface area (Å²) in [6, 6.07) is 18.1. The maximum absolute atomic E-state index is 13.2. The number of rotatable bonds is 8. The summed E-state index contributed by atoms with van der Waals surface area (Å²) >= 11 is 6.13. The summed E-state index contributed by atoms with van der Waals surface area (Å²) in [6.07, 6.45) is 0.516. The van der Waals surface area contributed by atoms with Crippen LogP contribution in [-0.4, -0.2) is 30.6 Å². The maximum atomic E-state index is 13.2. The monoisotopic (exact) mass is 553 g/mol. The molecule has 3 N–H and O–H groups in total. The standard InChI is InChI=1S/C27H24ClN3O6S/c1-3-16-12-22(28)26(38(34,35)36)23(13-16)30-31-24-20-11-6-5-8-17(20)14-21(25(24)32)27(33)29-18-9-7-10-19(15-18)37-4-2/h5-15,32H,3-4H2,1-2H3,(H,29,33)(H,34,35,36). The molecule has 0 aromatic heterocycles. The van der Waals surface area contributed by atoms with Crippen molar-refractivity contribution in [1.29, 1.82) is 0 Å². The second-order valence-corrected chi connectivity index (χ2v) is 9.98. The number of carbonyl (C=O) groups is 1. The molecule has 4 aromatic carbocycles. The highest BCUT2D eigenvalue weighted by Crippen LogP contribution is 2.41. The van der Waals surface area contributed by atoms with Crippen molar-refractivity contribution in [2.45, 2.75) is 25.2 Å². The molecule has 0 bridgehead atoms. The summed E-state index contributed by atoms with van der Waals surface area (Å²) < 4.78 is 39.2. The van der Waals surface area contributed by atoms with Gasteiger partial charge in [0.2, 0.25) is 0 Å². The predicted octanol–water partition coefficient (Wildman–Crippen LogP) is 7.07. The lowest BCUT2D eigenvalue weighted by atomic mass is 10.0. The quantitative estimate of drug-likeness (QED) is 0.157. The van der Waals surface area contributed by atoms with Crippen LogP contribution in [-0.2, 0) is 16.5 Å². The van der Waals surface area contributed by atoms with Crippen molar-refractivity contribution in [3.05, 3.63) is 82.9 Å². The Hall–Kier alpha value is -3.99.